The summed E-state index contributed by atoms with van der Waals surface area (Å²) in [5.74, 6) is -1.43. The Balaban J connectivity index is 1.57. The fraction of sp³-hybridized carbons (Fsp3) is 0.318. The van der Waals surface area contributed by atoms with Crippen molar-refractivity contribution < 1.29 is 18.3 Å². The maximum atomic E-state index is 14.7. The highest BCUT2D eigenvalue weighted by Crippen LogP contribution is 2.36. The molecule has 168 valence electrons. The lowest BCUT2D eigenvalue weighted by Crippen LogP contribution is -2.46. The van der Waals surface area contributed by atoms with Gasteiger partial charge in [0.25, 0.3) is 0 Å². The fourth-order valence-electron chi connectivity index (χ4n) is 3.54. The largest absolute Gasteiger partial charge is 0.381 e. The van der Waals surface area contributed by atoms with Crippen molar-refractivity contribution in [2.24, 2.45) is 0 Å². The topological polar surface area (TPSA) is 54.2 Å². The van der Waals surface area contributed by atoms with E-state index >= 15 is 0 Å². The van der Waals surface area contributed by atoms with E-state index in [9.17, 15) is 18.3 Å². The van der Waals surface area contributed by atoms with Gasteiger partial charge in [-0.15, -0.1) is 0 Å². The summed E-state index contributed by atoms with van der Waals surface area (Å²) in [6.45, 7) is -0.0922. The maximum absolute atomic E-state index is 14.7. The van der Waals surface area contributed by atoms with Crippen molar-refractivity contribution in [3.05, 3.63) is 83.7 Å². The third kappa shape index (κ3) is 5.48. The van der Waals surface area contributed by atoms with Crippen LogP contribution in [-0.2, 0) is 17.9 Å². The second-order valence-corrected chi connectivity index (χ2v) is 9.40. The molecule has 1 atom stereocenters. The molecule has 1 aliphatic carbocycles. The number of halogens is 3. The molecular formula is C22H21F3N4OS2. The van der Waals surface area contributed by atoms with Crippen molar-refractivity contribution in [1.82, 2.24) is 19.7 Å². The standard InChI is InChI=1S/C22H21F3N4OS2/c23-16-3-1-2-15(8-16)10-32-21(31)29(18-5-6-18)12-22(30,11-28-14-26-13-27-28)19-7-4-17(24)9-20(19)25/h1-4,7-9,13-14,18,30H,5-6,10-12H2. The van der Waals surface area contributed by atoms with E-state index in [1.54, 1.807) is 6.07 Å². The highest BCUT2D eigenvalue weighted by atomic mass is 32.2. The molecular weight excluding hydrogens is 457 g/mol. The molecule has 10 heteroatoms. The average molecular weight is 479 g/mol. The first-order valence-electron chi connectivity index (χ1n) is 10.0. The van der Waals surface area contributed by atoms with Crippen molar-refractivity contribution >= 4 is 28.3 Å². The zero-order chi connectivity index (χ0) is 22.7. The van der Waals surface area contributed by atoms with E-state index in [2.05, 4.69) is 10.1 Å². The molecule has 1 saturated carbocycles. The van der Waals surface area contributed by atoms with E-state index < -0.39 is 17.2 Å². The molecule has 3 aromatic rings. The Hall–Kier alpha value is -2.43. The molecule has 1 fully saturated rings. The van der Waals surface area contributed by atoms with Crippen LogP contribution in [-0.4, -0.2) is 41.7 Å². The van der Waals surface area contributed by atoms with Gasteiger partial charge in [0.1, 0.15) is 40.0 Å². The van der Waals surface area contributed by atoms with Gasteiger partial charge < -0.3 is 10.0 Å². The molecule has 1 unspecified atom stereocenters. The van der Waals surface area contributed by atoms with Gasteiger partial charge in [0.05, 0.1) is 13.1 Å². The van der Waals surface area contributed by atoms with Crippen LogP contribution in [0.2, 0.25) is 0 Å². The lowest BCUT2D eigenvalue weighted by molar-refractivity contribution is -0.00746. The van der Waals surface area contributed by atoms with Gasteiger partial charge in [0.2, 0.25) is 0 Å². The van der Waals surface area contributed by atoms with E-state index in [0.29, 0.717) is 10.1 Å². The molecule has 4 rings (SSSR count). The van der Waals surface area contributed by atoms with Crippen LogP contribution in [0.15, 0.2) is 55.1 Å². The molecule has 0 saturated heterocycles. The third-order valence-electron chi connectivity index (χ3n) is 5.23. The highest BCUT2D eigenvalue weighted by Gasteiger charge is 2.41. The van der Waals surface area contributed by atoms with Gasteiger partial charge in [0.15, 0.2) is 0 Å². The fourth-order valence-corrected chi connectivity index (χ4v) is 4.77. The van der Waals surface area contributed by atoms with E-state index in [1.807, 2.05) is 11.0 Å². The van der Waals surface area contributed by atoms with Gasteiger partial charge in [-0.25, -0.2) is 22.8 Å². The molecule has 5 nitrogen and oxygen atoms in total. The summed E-state index contributed by atoms with van der Waals surface area (Å²) in [6, 6.07) is 9.51. The number of hydrogen-bond acceptors (Lipinski definition) is 5. The summed E-state index contributed by atoms with van der Waals surface area (Å²) in [4.78, 5) is 5.76. The number of nitrogens with zero attached hydrogens (tertiary/aromatic N) is 4. The van der Waals surface area contributed by atoms with Crippen LogP contribution < -0.4 is 0 Å². The lowest BCUT2D eigenvalue weighted by Gasteiger charge is -2.36. The lowest BCUT2D eigenvalue weighted by atomic mass is 9.92. The molecule has 0 amide bonds. The number of hydrogen-bond donors (Lipinski definition) is 1. The van der Waals surface area contributed by atoms with Gasteiger partial charge in [-0.2, -0.15) is 5.10 Å². The van der Waals surface area contributed by atoms with E-state index in [0.717, 1.165) is 30.5 Å². The summed E-state index contributed by atoms with van der Waals surface area (Å²) >= 11 is 6.99. The Kier molecular flexibility index (Phi) is 6.82. The number of rotatable bonds is 8. The maximum Gasteiger partial charge on any atom is 0.137 e. The predicted octanol–water partition coefficient (Wildman–Crippen LogP) is 4.27. The number of aromatic nitrogens is 3. The number of benzene rings is 2. The second-order valence-electron chi connectivity index (χ2n) is 7.79. The molecule has 0 radical (unpaired) electrons. The average Bonchev–Trinajstić information content (AvgIpc) is 3.47. The van der Waals surface area contributed by atoms with Crippen LogP contribution in [0.3, 0.4) is 0 Å². The quantitative estimate of drug-likeness (QED) is 0.488. The van der Waals surface area contributed by atoms with Gasteiger partial charge >= 0.3 is 0 Å². The second kappa shape index (κ2) is 9.60. The molecule has 0 bridgehead atoms. The van der Waals surface area contributed by atoms with E-state index in [1.165, 1.54) is 47.3 Å². The van der Waals surface area contributed by atoms with Crippen LogP contribution in [0, 0.1) is 17.5 Å². The monoisotopic (exact) mass is 478 g/mol. The normalized spacial score (nSPS) is 15.4. The van der Waals surface area contributed by atoms with Gasteiger partial charge in [-0.1, -0.05) is 42.2 Å². The van der Waals surface area contributed by atoms with Gasteiger partial charge in [-0.05, 0) is 36.6 Å². The first-order chi connectivity index (χ1) is 15.3. The van der Waals surface area contributed by atoms with Crippen molar-refractivity contribution in [3.8, 4) is 0 Å². The summed E-state index contributed by atoms with van der Waals surface area (Å²) in [6.07, 6.45) is 4.53. The SMILES string of the molecule is OC(CN(C(=S)SCc1cccc(F)c1)C1CC1)(Cn1cncn1)c1ccc(F)cc1F. The minimum absolute atomic E-state index is 0.00490. The molecule has 0 aliphatic heterocycles. The molecule has 1 N–H and O–H groups in total. The van der Waals surface area contributed by atoms with Crippen molar-refractivity contribution in [1.29, 1.82) is 0 Å². The Morgan fingerprint density at radius 2 is 1.97 bits per heavy atom. The highest BCUT2D eigenvalue weighted by molar-refractivity contribution is 8.22. The minimum Gasteiger partial charge on any atom is -0.381 e. The zero-order valence-electron chi connectivity index (χ0n) is 17.0. The van der Waals surface area contributed by atoms with Crippen LogP contribution in [0.4, 0.5) is 13.2 Å². The Bertz CT molecular complexity index is 1090. The number of thiocarbonyl (C=S) groups is 1. The van der Waals surface area contributed by atoms with E-state index in [4.69, 9.17) is 12.2 Å². The van der Waals surface area contributed by atoms with Gasteiger partial charge in [0, 0.05) is 23.4 Å². The van der Waals surface area contributed by atoms with Crippen LogP contribution in [0.25, 0.3) is 0 Å². The summed E-state index contributed by atoms with van der Waals surface area (Å²) in [7, 11) is 0. The molecule has 1 aromatic heterocycles. The smallest absolute Gasteiger partial charge is 0.137 e. The zero-order valence-corrected chi connectivity index (χ0v) is 18.6. The number of thioether (sulfide) groups is 1. The Morgan fingerprint density at radius 3 is 2.62 bits per heavy atom. The van der Waals surface area contributed by atoms with Crippen LogP contribution in [0.5, 0.6) is 0 Å². The van der Waals surface area contributed by atoms with Crippen LogP contribution in [0.1, 0.15) is 24.0 Å². The number of aliphatic hydroxyl groups is 1. The molecule has 32 heavy (non-hydrogen) atoms. The Labute approximate surface area is 193 Å². The summed E-state index contributed by atoms with van der Waals surface area (Å²) in [5, 5.41) is 15.7. The molecule has 1 aliphatic rings. The summed E-state index contributed by atoms with van der Waals surface area (Å²) in [5.41, 5.74) is -0.995. The van der Waals surface area contributed by atoms with Crippen molar-refractivity contribution in [2.75, 3.05) is 6.54 Å². The molecule has 1 heterocycles. The summed E-state index contributed by atoms with van der Waals surface area (Å²) < 4.78 is 43.6. The third-order valence-corrected chi connectivity index (χ3v) is 6.78. The minimum atomic E-state index is -1.74. The first-order valence-corrected chi connectivity index (χ1v) is 11.4. The Morgan fingerprint density at radius 1 is 1.19 bits per heavy atom. The van der Waals surface area contributed by atoms with Gasteiger partial charge in [-0.3, -0.25) is 0 Å². The van der Waals surface area contributed by atoms with Crippen molar-refractivity contribution in [2.45, 2.75) is 36.8 Å². The van der Waals surface area contributed by atoms with Crippen LogP contribution >= 0.6 is 24.0 Å². The first kappa shape index (κ1) is 22.8. The van der Waals surface area contributed by atoms with E-state index in [-0.39, 0.29) is 30.5 Å². The van der Waals surface area contributed by atoms with Crippen molar-refractivity contribution in [3.63, 3.8) is 0 Å². The predicted molar refractivity (Wildman–Crippen MR) is 120 cm³/mol. The molecule has 0 spiro atoms. The molecule has 2 aromatic carbocycles.